The van der Waals surface area contributed by atoms with Crippen LogP contribution in [0.15, 0.2) is 12.4 Å². The number of hydrogen-bond acceptors (Lipinski definition) is 6. The normalized spacial score (nSPS) is 12.2. The third-order valence-corrected chi connectivity index (χ3v) is 4.17. The number of aromatic nitrogens is 2. The Morgan fingerprint density at radius 3 is 2.76 bits per heavy atom. The molecule has 0 spiro atoms. The first-order valence-corrected chi connectivity index (χ1v) is 7.27. The Hall–Kier alpha value is -2.22. The summed E-state index contributed by atoms with van der Waals surface area (Å²) in [6, 6.07) is 0.933. The molecule has 0 saturated heterocycles. The molecule has 2 aromatic heterocycles. The van der Waals surface area contributed by atoms with Gasteiger partial charge in [0.25, 0.3) is 0 Å². The summed E-state index contributed by atoms with van der Waals surface area (Å²) in [7, 11) is 0. The van der Waals surface area contributed by atoms with Gasteiger partial charge in [-0.25, -0.2) is 14.8 Å². The number of aliphatic carboxylic acids is 2. The number of carboxylic acids is 2. The van der Waals surface area contributed by atoms with Gasteiger partial charge in [0.2, 0.25) is 0 Å². The van der Waals surface area contributed by atoms with Crippen molar-refractivity contribution in [2.75, 3.05) is 5.32 Å². The largest absolute Gasteiger partial charge is 0.481 e. The molecule has 3 N–H and O–H groups in total. The first-order chi connectivity index (χ1) is 10.0. The van der Waals surface area contributed by atoms with Gasteiger partial charge >= 0.3 is 11.9 Å². The van der Waals surface area contributed by atoms with Gasteiger partial charge < -0.3 is 15.5 Å². The summed E-state index contributed by atoms with van der Waals surface area (Å²) in [5.41, 5.74) is 0. The molecule has 0 fully saturated rings. The Bertz CT molecular complexity index is 670. The van der Waals surface area contributed by atoms with Crippen LogP contribution in [0.3, 0.4) is 0 Å². The van der Waals surface area contributed by atoms with Crippen molar-refractivity contribution in [3.63, 3.8) is 0 Å². The minimum absolute atomic E-state index is 0.0130. The maximum atomic E-state index is 11.2. The summed E-state index contributed by atoms with van der Waals surface area (Å²) in [4.78, 5) is 32.0. The molecule has 0 amide bonds. The van der Waals surface area contributed by atoms with Gasteiger partial charge in [0.05, 0.1) is 5.39 Å². The van der Waals surface area contributed by atoms with Crippen molar-refractivity contribution in [1.29, 1.82) is 0 Å². The van der Waals surface area contributed by atoms with Gasteiger partial charge in [0.15, 0.2) is 0 Å². The molecular weight excluding hydrogens is 294 g/mol. The third-order valence-electron chi connectivity index (χ3n) is 2.98. The molecule has 7 nitrogen and oxygen atoms in total. The summed E-state index contributed by atoms with van der Waals surface area (Å²) >= 11 is 1.53. The fourth-order valence-corrected chi connectivity index (χ4v) is 2.82. The third kappa shape index (κ3) is 3.66. The zero-order valence-electron chi connectivity index (χ0n) is 11.4. The Balaban J connectivity index is 2.25. The molecule has 0 bridgehead atoms. The van der Waals surface area contributed by atoms with E-state index in [0.717, 1.165) is 21.5 Å². The van der Waals surface area contributed by atoms with E-state index in [1.54, 1.807) is 0 Å². The average molecular weight is 309 g/mol. The topological polar surface area (TPSA) is 112 Å². The number of aryl methyl sites for hydroxylation is 1. The van der Waals surface area contributed by atoms with Crippen molar-refractivity contribution in [1.82, 2.24) is 9.97 Å². The number of anilines is 1. The van der Waals surface area contributed by atoms with Gasteiger partial charge in [-0.3, -0.25) is 4.79 Å². The van der Waals surface area contributed by atoms with E-state index < -0.39 is 18.0 Å². The van der Waals surface area contributed by atoms with E-state index in [1.807, 2.05) is 13.0 Å². The summed E-state index contributed by atoms with van der Waals surface area (Å²) in [5, 5.41) is 21.4. The summed E-state index contributed by atoms with van der Waals surface area (Å²) in [6.45, 7) is 2.03. The van der Waals surface area contributed by atoms with E-state index in [-0.39, 0.29) is 12.8 Å². The Morgan fingerprint density at radius 2 is 2.14 bits per heavy atom. The van der Waals surface area contributed by atoms with Gasteiger partial charge in [-0.05, 0) is 18.9 Å². The lowest BCUT2D eigenvalue weighted by Crippen LogP contribution is -2.30. The van der Waals surface area contributed by atoms with Gasteiger partial charge in [-0.1, -0.05) is 6.92 Å². The van der Waals surface area contributed by atoms with Crippen LogP contribution in [0.2, 0.25) is 0 Å². The molecule has 0 radical (unpaired) electrons. The van der Waals surface area contributed by atoms with Crippen molar-refractivity contribution in [2.24, 2.45) is 0 Å². The second kappa shape index (κ2) is 6.49. The van der Waals surface area contributed by atoms with Crippen LogP contribution in [0.4, 0.5) is 5.82 Å². The van der Waals surface area contributed by atoms with Crippen LogP contribution < -0.4 is 5.32 Å². The lowest BCUT2D eigenvalue weighted by molar-refractivity contribution is -0.139. The molecule has 0 aromatic carbocycles. The van der Waals surface area contributed by atoms with E-state index in [9.17, 15) is 14.7 Å². The van der Waals surface area contributed by atoms with Gasteiger partial charge in [0, 0.05) is 11.3 Å². The van der Waals surface area contributed by atoms with Crippen molar-refractivity contribution < 1.29 is 19.8 Å². The first-order valence-electron chi connectivity index (χ1n) is 6.45. The summed E-state index contributed by atoms with van der Waals surface area (Å²) < 4.78 is 0. The number of hydrogen-bond donors (Lipinski definition) is 3. The Labute approximate surface area is 124 Å². The maximum absolute atomic E-state index is 11.2. The minimum atomic E-state index is -1.10. The SMILES string of the molecule is CCc1cc2c(N[C@@H](CCC(=O)O)C(=O)O)ncnc2s1. The highest BCUT2D eigenvalue weighted by Gasteiger charge is 2.20. The van der Waals surface area contributed by atoms with Crippen molar-refractivity contribution in [2.45, 2.75) is 32.2 Å². The Kier molecular flexibility index (Phi) is 4.69. The highest BCUT2D eigenvalue weighted by atomic mass is 32.1. The first kappa shape index (κ1) is 15.2. The molecule has 21 heavy (non-hydrogen) atoms. The number of nitrogens with zero attached hydrogens (tertiary/aromatic N) is 2. The predicted molar refractivity (Wildman–Crippen MR) is 78.7 cm³/mol. The minimum Gasteiger partial charge on any atom is -0.481 e. The quantitative estimate of drug-likeness (QED) is 0.716. The second-order valence-corrected chi connectivity index (χ2v) is 5.59. The molecule has 1 atom stereocenters. The molecule has 0 aliphatic carbocycles. The van der Waals surface area contributed by atoms with E-state index in [2.05, 4.69) is 15.3 Å². The predicted octanol–water partition coefficient (Wildman–Crippen LogP) is 1.98. The monoisotopic (exact) mass is 309 g/mol. The maximum Gasteiger partial charge on any atom is 0.326 e. The number of rotatable bonds is 7. The molecule has 2 heterocycles. The van der Waals surface area contributed by atoms with Crippen molar-refractivity contribution in [3.8, 4) is 0 Å². The van der Waals surface area contributed by atoms with Crippen LogP contribution in [0, 0.1) is 0 Å². The number of nitrogens with one attached hydrogen (secondary N) is 1. The fraction of sp³-hybridized carbons (Fsp3) is 0.385. The molecule has 112 valence electrons. The zero-order chi connectivity index (χ0) is 15.4. The van der Waals surface area contributed by atoms with Crippen LogP contribution in [0.1, 0.15) is 24.6 Å². The standard InChI is InChI=1S/C13H15N3O4S/c1-2-7-5-8-11(14-6-15-12(8)21-7)16-9(13(19)20)3-4-10(17)18/h5-6,9H,2-4H2,1H3,(H,17,18)(H,19,20)(H,14,15,16)/t9-/m0/s1. The van der Waals surface area contributed by atoms with Crippen LogP contribution in [-0.2, 0) is 16.0 Å². The molecule has 2 aromatic rings. The second-order valence-electron chi connectivity index (χ2n) is 4.47. The van der Waals surface area contributed by atoms with Gasteiger partial charge in [0.1, 0.15) is 23.0 Å². The van der Waals surface area contributed by atoms with E-state index in [4.69, 9.17) is 5.11 Å². The van der Waals surface area contributed by atoms with Gasteiger partial charge in [-0.2, -0.15) is 0 Å². The van der Waals surface area contributed by atoms with E-state index in [1.165, 1.54) is 17.7 Å². The van der Waals surface area contributed by atoms with E-state index in [0.29, 0.717) is 5.82 Å². The summed E-state index contributed by atoms with van der Waals surface area (Å²) in [6.07, 6.45) is 2.00. The molecular formula is C13H15N3O4S. The van der Waals surface area contributed by atoms with Crippen LogP contribution in [0.25, 0.3) is 10.2 Å². The molecule has 0 aliphatic rings. The van der Waals surface area contributed by atoms with Crippen LogP contribution >= 0.6 is 11.3 Å². The lowest BCUT2D eigenvalue weighted by atomic mass is 10.1. The number of carbonyl (C=O) groups is 2. The number of thiophene rings is 1. The highest BCUT2D eigenvalue weighted by molar-refractivity contribution is 7.18. The molecule has 0 saturated carbocycles. The molecule has 0 unspecified atom stereocenters. The smallest absolute Gasteiger partial charge is 0.326 e. The molecule has 2 rings (SSSR count). The molecule has 0 aliphatic heterocycles. The van der Waals surface area contributed by atoms with Crippen LogP contribution in [0.5, 0.6) is 0 Å². The van der Waals surface area contributed by atoms with Gasteiger partial charge in [-0.15, -0.1) is 11.3 Å². The van der Waals surface area contributed by atoms with Crippen molar-refractivity contribution in [3.05, 3.63) is 17.3 Å². The zero-order valence-corrected chi connectivity index (χ0v) is 12.2. The molecule has 8 heteroatoms. The number of fused-ring (bicyclic) bond motifs is 1. The average Bonchev–Trinajstić information content (AvgIpc) is 2.86. The summed E-state index contributed by atoms with van der Waals surface area (Å²) in [5.74, 6) is -1.71. The van der Waals surface area contributed by atoms with Crippen LogP contribution in [-0.4, -0.2) is 38.2 Å². The highest BCUT2D eigenvalue weighted by Crippen LogP contribution is 2.29. The number of carboxylic acid groups (broad SMARTS) is 2. The fourth-order valence-electron chi connectivity index (χ4n) is 1.88. The Morgan fingerprint density at radius 1 is 1.38 bits per heavy atom. The van der Waals surface area contributed by atoms with E-state index >= 15 is 0 Å². The van der Waals surface area contributed by atoms with Crippen molar-refractivity contribution >= 4 is 39.3 Å². The lowest BCUT2D eigenvalue weighted by Gasteiger charge is -2.14.